The van der Waals surface area contributed by atoms with Crippen molar-refractivity contribution in [2.45, 2.75) is 90.4 Å². The van der Waals surface area contributed by atoms with Crippen molar-refractivity contribution in [3.05, 3.63) is 53.1 Å². The summed E-state index contributed by atoms with van der Waals surface area (Å²) < 4.78 is 37.3. The normalized spacial score (nSPS) is 17.7. The quantitative estimate of drug-likeness (QED) is 0.142. The van der Waals surface area contributed by atoms with Crippen LogP contribution in [0.5, 0.6) is 5.75 Å². The smallest absolute Gasteiger partial charge is 0.330 e. The van der Waals surface area contributed by atoms with Crippen LogP contribution in [0.25, 0.3) is 5.57 Å². The lowest BCUT2D eigenvalue weighted by Gasteiger charge is -2.26. The Bertz CT molecular complexity index is 1070. The van der Waals surface area contributed by atoms with Crippen LogP contribution in [0, 0.1) is 0 Å². The van der Waals surface area contributed by atoms with Crippen molar-refractivity contribution in [1.82, 2.24) is 0 Å². The highest BCUT2D eigenvalue weighted by molar-refractivity contribution is 7.91. The molecule has 0 spiro atoms. The summed E-state index contributed by atoms with van der Waals surface area (Å²) >= 11 is 0. The molecule has 0 saturated carbocycles. The number of esters is 1. The third-order valence-electron chi connectivity index (χ3n) is 6.38. The first kappa shape index (κ1) is 28.9. The Kier molecular flexibility index (Phi) is 10.8. The Labute approximate surface area is 212 Å². The Morgan fingerprint density at radius 2 is 1.86 bits per heavy atom. The molecule has 194 valence electrons. The zero-order chi connectivity index (χ0) is 26.1. The van der Waals surface area contributed by atoms with Gasteiger partial charge in [0.1, 0.15) is 5.75 Å². The molecule has 0 aromatic heterocycles. The van der Waals surface area contributed by atoms with E-state index in [9.17, 15) is 13.2 Å². The Morgan fingerprint density at radius 3 is 2.54 bits per heavy atom. The van der Waals surface area contributed by atoms with E-state index in [-0.39, 0.29) is 17.1 Å². The number of sulfone groups is 1. The molecule has 0 aliphatic carbocycles. The van der Waals surface area contributed by atoms with Crippen LogP contribution in [0.3, 0.4) is 0 Å². The summed E-state index contributed by atoms with van der Waals surface area (Å²) in [6, 6.07) is 3.76. The predicted molar refractivity (Wildman–Crippen MR) is 144 cm³/mol. The number of ether oxygens (including phenoxy) is 2. The zero-order valence-electron chi connectivity index (χ0n) is 22.3. The minimum Gasteiger partial charge on any atom is -0.493 e. The van der Waals surface area contributed by atoms with Gasteiger partial charge in [0.2, 0.25) is 0 Å². The summed E-state index contributed by atoms with van der Waals surface area (Å²) in [4.78, 5) is 12.1. The fourth-order valence-electron chi connectivity index (χ4n) is 4.29. The monoisotopic (exact) mass is 502 g/mol. The molecule has 0 amide bonds. The third kappa shape index (κ3) is 8.38. The van der Waals surface area contributed by atoms with Gasteiger partial charge < -0.3 is 9.47 Å². The number of hydrogen-bond acceptors (Lipinski definition) is 5. The van der Waals surface area contributed by atoms with Gasteiger partial charge in [0.05, 0.1) is 23.9 Å². The first-order valence-electron chi connectivity index (χ1n) is 12.8. The number of fused-ring (bicyclic) bond motifs is 1. The van der Waals surface area contributed by atoms with Crippen molar-refractivity contribution in [1.29, 1.82) is 0 Å². The molecule has 0 fully saturated rings. The largest absolute Gasteiger partial charge is 0.493 e. The minimum atomic E-state index is -3.36. The van der Waals surface area contributed by atoms with Crippen LogP contribution in [0.15, 0.2) is 46.9 Å². The number of benzene rings is 1. The highest BCUT2D eigenvalue weighted by Crippen LogP contribution is 2.42. The van der Waals surface area contributed by atoms with Crippen LogP contribution in [-0.2, 0) is 24.8 Å². The summed E-state index contributed by atoms with van der Waals surface area (Å²) in [5.74, 6) is 0.424. The van der Waals surface area contributed by atoms with Gasteiger partial charge in [0.15, 0.2) is 9.84 Å². The van der Waals surface area contributed by atoms with E-state index in [0.717, 1.165) is 54.4 Å². The van der Waals surface area contributed by atoms with Crippen LogP contribution in [0.4, 0.5) is 0 Å². The average molecular weight is 503 g/mol. The number of allylic oxidation sites excluding steroid dienone is 5. The van der Waals surface area contributed by atoms with Crippen molar-refractivity contribution in [2.24, 2.45) is 0 Å². The van der Waals surface area contributed by atoms with E-state index >= 15 is 0 Å². The van der Waals surface area contributed by atoms with Crippen LogP contribution >= 0.6 is 0 Å². The van der Waals surface area contributed by atoms with Gasteiger partial charge in [-0.3, -0.25) is 0 Å². The summed E-state index contributed by atoms with van der Waals surface area (Å²) in [6.07, 6.45) is 13.0. The molecule has 1 aliphatic heterocycles. The van der Waals surface area contributed by atoms with E-state index in [0.29, 0.717) is 30.3 Å². The van der Waals surface area contributed by atoms with E-state index in [1.54, 1.807) is 13.0 Å². The average Bonchev–Trinajstić information content (AvgIpc) is 2.86. The molecule has 35 heavy (non-hydrogen) atoms. The maximum atomic E-state index is 13.1. The van der Waals surface area contributed by atoms with Gasteiger partial charge in [-0.15, -0.1) is 0 Å². The van der Waals surface area contributed by atoms with Gasteiger partial charge in [-0.2, -0.15) is 0 Å². The number of rotatable bonds is 11. The van der Waals surface area contributed by atoms with E-state index in [1.165, 1.54) is 6.08 Å². The molecule has 5 nitrogen and oxygen atoms in total. The lowest BCUT2D eigenvalue weighted by atomic mass is 9.79. The van der Waals surface area contributed by atoms with Gasteiger partial charge in [-0.1, -0.05) is 58.3 Å². The second-order valence-corrected chi connectivity index (χ2v) is 12.0. The van der Waals surface area contributed by atoms with Gasteiger partial charge >= 0.3 is 5.97 Å². The maximum Gasteiger partial charge on any atom is 0.330 e. The standard InChI is InChI=1S/C29H42O5S/c1-7-9-10-11-17-34-26-21-27-25(29(5,6)16-13-18-35(27,31)32)20-24(26)23(4)15-12-14-22(3)19-28(30)33-8-2/h12,14-15,19-21H,7-11,13,16-18H2,1-6H3/b14-12+,22-19+,23-15+. The Hall–Kier alpha value is -2.34. The van der Waals surface area contributed by atoms with E-state index in [4.69, 9.17) is 9.47 Å². The molecule has 0 bridgehead atoms. The van der Waals surface area contributed by atoms with Gasteiger partial charge in [0.25, 0.3) is 0 Å². The van der Waals surface area contributed by atoms with Crippen molar-refractivity contribution < 1.29 is 22.7 Å². The summed E-state index contributed by atoms with van der Waals surface area (Å²) in [7, 11) is -3.36. The van der Waals surface area contributed by atoms with Crippen molar-refractivity contribution >= 4 is 21.4 Å². The molecule has 0 saturated heterocycles. The molecule has 1 aromatic carbocycles. The highest BCUT2D eigenvalue weighted by Gasteiger charge is 2.34. The fourth-order valence-corrected chi connectivity index (χ4v) is 5.99. The molecule has 0 unspecified atom stereocenters. The van der Waals surface area contributed by atoms with E-state index in [1.807, 2.05) is 38.1 Å². The van der Waals surface area contributed by atoms with Crippen LogP contribution < -0.4 is 4.74 Å². The first-order valence-corrected chi connectivity index (χ1v) is 14.4. The van der Waals surface area contributed by atoms with E-state index in [2.05, 4.69) is 20.8 Å². The first-order chi connectivity index (χ1) is 16.5. The van der Waals surface area contributed by atoms with Crippen LogP contribution in [0.2, 0.25) is 0 Å². The van der Waals surface area contributed by atoms with Crippen molar-refractivity contribution in [3.63, 3.8) is 0 Å². The molecular weight excluding hydrogens is 460 g/mol. The number of carbonyl (C=O) groups is 1. The molecule has 1 aliphatic rings. The molecule has 1 aromatic rings. The molecule has 1 heterocycles. The molecule has 6 heteroatoms. The summed E-state index contributed by atoms with van der Waals surface area (Å²) in [6.45, 7) is 12.9. The molecular formula is C29H42O5S. The lowest BCUT2D eigenvalue weighted by molar-refractivity contribution is -0.137. The Morgan fingerprint density at radius 1 is 1.11 bits per heavy atom. The lowest BCUT2D eigenvalue weighted by Crippen LogP contribution is -2.18. The SMILES string of the molecule is CCCCCCOc1cc2c(cc1/C(C)=C/C=C/C(C)=C/C(=O)OCC)C(C)(C)CCCS2(=O)=O. The topological polar surface area (TPSA) is 69.7 Å². The summed E-state index contributed by atoms with van der Waals surface area (Å²) in [5.41, 5.74) is 3.27. The van der Waals surface area contributed by atoms with Gasteiger partial charge in [-0.05, 0) is 74.3 Å². The second-order valence-electron chi connectivity index (χ2n) is 9.91. The molecule has 2 rings (SSSR count). The zero-order valence-corrected chi connectivity index (χ0v) is 23.1. The number of hydrogen-bond donors (Lipinski definition) is 0. The molecule has 0 radical (unpaired) electrons. The number of unbranched alkanes of at least 4 members (excludes halogenated alkanes) is 3. The molecule has 0 atom stereocenters. The van der Waals surface area contributed by atoms with Crippen LogP contribution in [-0.4, -0.2) is 33.4 Å². The highest BCUT2D eigenvalue weighted by atomic mass is 32.2. The summed E-state index contributed by atoms with van der Waals surface area (Å²) in [5, 5.41) is 0. The fraction of sp³-hybridized carbons (Fsp3) is 0.552. The predicted octanol–water partition coefficient (Wildman–Crippen LogP) is 6.96. The molecule has 0 N–H and O–H groups in total. The van der Waals surface area contributed by atoms with Crippen LogP contribution in [0.1, 0.15) is 91.2 Å². The van der Waals surface area contributed by atoms with Gasteiger partial charge in [-0.25, -0.2) is 13.2 Å². The van der Waals surface area contributed by atoms with Crippen molar-refractivity contribution in [3.8, 4) is 5.75 Å². The van der Waals surface area contributed by atoms with Gasteiger partial charge in [0, 0.05) is 11.6 Å². The number of carbonyl (C=O) groups excluding carboxylic acids is 1. The second kappa shape index (κ2) is 13.1. The maximum absolute atomic E-state index is 13.1. The van der Waals surface area contributed by atoms with E-state index < -0.39 is 9.84 Å². The van der Waals surface area contributed by atoms with Crippen molar-refractivity contribution in [2.75, 3.05) is 19.0 Å². The minimum absolute atomic E-state index is 0.169. The Balaban J connectivity index is 2.46. The third-order valence-corrected chi connectivity index (χ3v) is 8.21.